The van der Waals surface area contributed by atoms with E-state index < -0.39 is 5.41 Å². The minimum Gasteiger partial charge on any atom is -0.457 e. The molecule has 0 N–H and O–H groups in total. The molecule has 8 aromatic carbocycles. The van der Waals surface area contributed by atoms with Gasteiger partial charge < -0.3 is 9.30 Å². The molecule has 0 saturated heterocycles. The molecule has 9 aromatic rings. The van der Waals surface area contributed by atoms with E-state index in [0.717, 1.165) is 28.3 Å². The van der Waals surface area contributed by atoms with Crippen LogP contribution in [0.2, 0.25) is 0 Å². The molecule has 51 heavy (non-hydrogen) atoms. The Morgan fingerprint density at radius 1 is 0.392 bits per heavy atom. The Bertz CT molecular complexity index is 2820. The molecular formula is C49H31NO. The van der Waals surface area contributed by atoms with Crippen LogP contribution in [0.5, 0.6) is 11.5 Å². The smallest absolute Gasteiger partial charge is 0.132 e. The topological polar surface area (TPSA) is 14.2 Å². The third kappa shape index (κ3) is 3.87. The van der Waals surface area contributed by atoms with E-state index in [9.17, 15) is 0 Å². The normalized spacial score (nSPS) is 15.3. The fourth-order valence-electron chi connectivity index (χ4n) is 8.96. The number of benzene rings is 8. The Hall–Kier alpha value is -6.64. The predicted molar refractivity (Wildman–Crippen MR) is 209 cm³/mol. The number of nitrogens with zero attached hydrogens (tertiary/aromatic N) is 1. The molecule has 0 radical (unpaired) electrons. The number of rotatable bonds is 3. The Kier molecular flexibility index (Phi) is 5.91. The van der Waals surface area contributed by atoms with E-state index in [4.69, 9.17) is 4.74 Å². The van der Waals surface area contributed by atoms with Crippen molar-refractivity contribution < 1.29 is 4.74 Å². The van der Waals surface area contributed by atoms with Gasteiger partial charge in [0.15, 0.2) is 0 Å². The number of fused-ring (bicyclic) bond motifs is 13. The number of ether oxygens (including phenoxy) is 1. The molecule has 2 nitrogen and oxygen atoms in total. The highest BCUT2D eigenvalue weighted by Crippen LogP contribution is 2.64. The minimum absolute atomic E-state index is 0.635. The first-order valence-corrected chi connectivity index (χ1v) is 17.6. The molecule has 0 saturated carbocycles. The van der Waals surface area contributed by atoms with Gasteiger partial charge in [0.25, 0.3) is 0 Å². The maximum Gasteiger partial charge on any atom is 0.132 e. The van der Waals surface area contributed by atoms with Crippen LogP contribution in [0.25, 0.3) is 60.9 Å². The van der Waals surface area contributed by atoms with Crippen LogP contribution < -0.4 is 4.74 Å². The summed E-state index contributed by atoms with van der Waals surface area (Å²) >= 11 is 0. The van der Waals surface area contributed by atoms with Gasteiger partial charge in [0.2, 0.25) is 0 Å². The van der Waals surface area contributed by atoms with E-state index in [2.05, 4.69) is 193 Å². The maximum absolute atomic E-state index is 6.83. The Balaban J connectivity index is 1.34. The summed E-state index contributed by atoms with van der Waals surface area (Å²) in [6, 6.07) is 68.4. The molecular weight excluding hydrogens is 619 g/mol. The van der Waals surface area contributed by atoms with Crippen LogP contribution in [0.3, 0.4) is 0 Å². The number of para-hydroxylation sites is 2. The lowest BCUT2D eigenvalue weighted by atomic mass is 9.65. The Morgan fingerprint density at radius 2 is 1.00 bits per heavy atom. The van der Waals surface area contributed by atoms with Crippen molar-refractivity contribution in [1.82, 2.24) is 4.57 Å². The lowest BCUT2D eigenvalue weighted by molar-refractivity contribution is 0.437. The van der Waals surface area contributed by atoms with Crippen molar-refractivity contribution in [2.45, 2.75) is 5.41 Å². The van der Waals surface area contributed by atoms with Crippen molar-refractivity contribution in [3.05, 3.63) is 210 Å². The first-order chi connectivity index (χ1) is 25.3. The number of aromatic nitrogens is 1. The molecule has 1 atom stereocenters. The molecule has 0 amide bonds. The van der Waals surface area contributed by atoms with Gasteiger partial charge >= 0.3 is 0 Å². The van der Waals surface area contributed by atoms with Crippen LogP contribution >= 0.6 is 0 Å². The second-order valence-corrected chi connectivity index (χ2v) is 13.6. The zero-order valence-corrected chi connectivity index (χ0v) is 27.8. The van der Waals surface area contributed by atoms with E-state index in [1.54, 1.807) is 0 Å². The van der Waals surface area contributed by atoms with Crippen LogP contribution in [0.1, 0.15) is 22.3 Å². The molecule has 2 heteroatoms. The zero-order valence-electron chi connectivity index (χ0n) is 27.8. The van der Waals surface area contributed by atoms with Crippen LogP contribution in [-0.2, 0) is 5.41 Å². The van der Waals surface area contributed by atoms with Crippen LogP contribution in [0.4, 0.5) is 0 Å². The number of hydrogen-bond acceptors (Lipinski definition) is 1. The van der Waals surface area contributed by atoms with Crippen molar-refractivity contribution >= 4 is 21.8 Å². The van der Waals surface area contributed by atoms with Gasteiger partial charge in [-0.25, -0.2) is 0 Å². The van der Waals surface area contributed by atoms with Crippen molar-refractivity contribution in [2.75, 3.05) is 0 Å². The summed E-state index contributed by atoms with van der Waals surface area (Å²) in [6.07, 6.45) is 0. The second-order valence-electron chi connectivity index (χ2n) is 13.6. The highest BCUT2D eigenvalue weighted by atomic mass is 16.5. The summed E-state index contributed by atoms with van der Waals surface area (Å²) in [5.41, 5.74) is 15.1. The highest BCUT2D eigenvalue weighted by molar-refractivity contribution is 6.15. The standard InChI is InChI=1S/C49H31NO/c1-4-14-32(15-5-1)34-24-28-44-40(30-34)39-27-26-38-37-20-10-11-21-41(37)49(47(38)48(39)50(44)36-18-8-3-9-19-36)42-22-12-13-23-45(42)51-46-29-25-35(31-43(46)49)33-16-6-2-7-17-33/h1-31H. The molecule has 238 valence electrons. The molecule has 2 heterocycles. The molecule has 11 rings (SSSR count). The van der Waals surface area contributed by atoms with Gasteiger partial charge in [-0.15, -0.1) is 0 Å². The van der Waals surface area contributed by atoms with Gasteiger partial charge in [0.05, 0.1) is 16.4 Å². The molecule has 1 aromatic heterocycles. The summed E-state index contributed by atoms with van der Waals surface area (Å²) in [7, 11) is 0. The molecule has 1 aliphatic heterocycles. The van der Waals surface area contributed by atoms with Gasteiger partial charge in [-0.1, -0.05) is 146 Å². The Labute approximate surface area is 296 Å². The average molecular weight is 650 g/mol. The largest absolute Gasteiger partial charge is 0.457 e. The molecule has 0 fully saturated rings. The SMILES string of the molecule is c1ccc(-c2ccc3c(c2)C2(c4ccccc4O3)c3ccccc3-c3ccc4c5cc(-c6ccccc6)ccc5n(-c5ccccc5)c4c32)cc1. The molecule has 1 spiro atoms. The lowest BCUT2D eigenvalue weighted by Crippen LogP contribution is -2.32. The Morgan fingerprint density at radius 3 is 1.76 bits per heavy atom. The first-order valence-electron chi connectivity index (χ1n) is 17.6. The first kappa shape index (κ1) is 28.2. The van der Waals surface area contributed by atoms with Crippen LogP contribution in [-0.4, -0.2) is 4.57 Å². The van der Waals surface area contributed by atoms with Crippen molar-refractivity contribution in [3.8, 4) is 50.6 Å². The van der Waals surface area contributed by atoms with Gasteiger partial charge in [-0.3, -0.25) is 0 Å². The van der Waals surface area contributed by atoms with E-state index in [1.165, 1.54) is 66.3 Å². The van der Waals surface area contributed by atoms with Crippen molar-refractivity contribution in [3.63, 3.8) is 0 Å². The van der Waals surface area contributed by atoms with Crippen LogP contribution in [0.15, 0.2) is 188 Å². The van der Waals surface area contributed by atoms with Gasteiger partial charge in [-0.05, 0) is 81.4 Å². The third-order valence-electron chi connectivity index (χ3n) is 11.0. The van der Waals surface area contributed by atoms with E-state index in [1.807, 2.05) is 0 Å². The van der Waals surface area contributed by atoms with Gasteiger partial charge in [0.1, 0.15) is 11.5 Å². The fourth-order valence-corrected chi connectivity index (χ4v) is 8.96. The number of hydrogen-bond donors (Lipinski definition) is 0. The third-order valence-corrected chi connectivity index (χ3v) is 11.0. The quantitative estimate of drug-likeness (QED) is 0.186. The molecule has 1 unspecified atom stereocenters. The summed E-state index contributed by atoms with van der Waals surface area (Å²) in [4.78, 5) is 0. The fraction of sp³-hybridized carbons (Fsp3) is 0.0204. The van der Waals surface area contributed by atoms with E-state index in [-0.39, 0.29) is 0 Å². The van der Waals surface area contributed by atoms with Crippen LogP contribution in [0, 0.1) is 0 Å². The minimum atomic E-state index is -0.635. The molecule has 2 aliphatic rings. The second kappa shape index (κ2) is 10.7. The van der Waals surface area contributed by atoms with Crippen molar-refractivity contribution in [1.29, 1.82) is 0 Å². The van der Waals surface area contributed by atoms with Gasteiger partial charge in [-0.2, -0.15) is 0 Å². The maximum atomic E-state index is 6.83. The zero-order chi connectivity index (χ0) is 33.5. The summed E-state index contributed by atoms with van der Waals surface area (Å²) in [5, 5.41) is 2.48. The highest BCUT2D eigenvalue weighted by Gasteiger charge is 2.52. The van der Waals surface area contributed by atoms with E-state index >= 15 is 0 Å². The average Bonchev–Trinajstić information content (AvgIpc) is 3.69. The summed E-state index contributed by atoms with van der Waals surface area (Å²) in [6.45, 7) is 0. The van der Waals surface area contributed by atoms with Gasteiger partial charge in [0, 0.05) is 33.2 Å². The monoisotopic (exact) mass is 649 g/mol. The summed E-state index contributed by atoms with van der Waals surface area (Å²) in [5.74, 6) is 1.78. The molecule has 0 bridgehead atoms. The van der Waals surface area contributed by atoms with Crippen molar-refractivity contribution in [2.24, 2.45) is 0 Å². The predicted octanol–water partition coefficient (Wildman–Crippen LogP) is 12.6. The molecule has 1 aliphatic carbocycles. The summed E-state index contributed by atoms with van der Waals surface area (Å²) < 4.78 is 9.33. The van der Waals surface area contributed by atoms with E-state index in [0.29, 0.717) is 0 Å². The lowest BCUT2D eigenvalue weighted by Gasteiger charge is -2.40.